The van der Waals surface area contributed by atoms with E-state index in [0.29, 0.717) is 17.5 Å². The van der Waals surface area contributed by atoms with E-state index in [4.69, 9.17) is 23.8 Å². The van der Waals surface area contributed by atoms with Gasteiger partial charge in [-0.15, -0.1) is 0 Å². The number of benzene rings is 9. The van der Waals surface area contributed by atoms with Gasteiger partial charge in [0.05, 0.1) is 11.1 Å². The molecule has 0 atom stereocenters. The molecule has 3 heterocycles. The fraction of sp³-hybridized carbons (Fsp3) is 0. The van der Waals surface area contributed by atoms with Gasteiger partial charge in [0.2, 0.25) is 0 Å². The zero-order chi connectivity index (χ0) is 39.6. The molecule has 0 fully saturated rings. The molecule has 0 aliphatic carbocycles. The van der Waals surface area contributed by atoms with Gasteiger partial charge in [0.15, 0.2) is 17.5 Å². The fourth-order valence-corrected chi connectivity index (χ4v) is 8.86. The number of furan rings is 2. The molecule has 280 valence electrons. The van der Waals surface area contributed by atoms with Crippen molar-refractivity contribution in [1.82, 2.24) is 15.0 Å². The first-order valence-electron chi connectivity index (χ1n) is 20.1. The molecule has 9 aromatic carbocycles. The maximum absolute atomic E-state index is 6.60. The summed E-state index contributed by atoms with van der Waals surface area (Å²) < 4.78 is 13.2. The van der Waals surface area contributed by atoms with Crippen LogP contribution in [0.5, 0.6) is 0 Å². The third-order valence-corrected chi connectivity index (χ3v) is 11.6. The first kappa shape index (κ1) is 33.9. The van der Waals surface area contributed by atoms with E-state index < -0.39 is 0 Å². The van der Waals surface area contributed by atoms with Crippen molar-refractivity contribution in [3.63, 3.8) is 0 Å². The van der Waals surface area contributed by atoms with Gasteiger partial charge in [0.1, 0.15) is 22.3 Å². The molecular weight excluding hydrogens is 735 g/mol. The second-order valence-corrected chi connectivity index (χ2v) is 15.0. The summed E-state index contributed by atoms with van der Waals surface area (Å²) in [6.07, 6.45) is 0. The summed E-state index contributed by atoms with van der Waals surface area (Å²) in [7, 11) is 0. The van der Waals surface area contributed by atoms with E-state index in [1.165, 1.54) is 0 Å². The molecule has 0 aliphatic rings. The van der Waals surface area contributed by atoms with Gasteiger partial charge in [-0.3, -0.25) is 0 Å². The predicted octanol–water partition coefficient (Wildman–Crippen LogP) is 14.8. The Kier molecular flexibility index (Phi) is 7.78. The first-order chi connectivity index (χ1) is 29.8. The third kappa shape index (κ3) is 5.44. The number of rotatable bonds is 6. The van der Waals surface area contributed by atoms with E-state index in [1.807, 2.05) is 60.7 Å². The number of hydrogen-bond donors (Lipinski definition) is 0. The molecule has 0 spiro atoms. The Bertz CT molecular complexity index is 3470. The molecule has 12 rings (SSSR count). The van der Waals surface area contributed by atoms with Crippen LogP contribution in [0.1, 0.15) is 0 Å². The first-order valence-corrected chi connectivity index (χ1v) is 20.1. The molecule has 12 aromatic rings. The molecule has 0 bridgehead atoms. The van der Waals surface area contributed by atoms with Gasteiger partial charge in [0, 0.05) is 32.7 Å². The van der Waals surface area contributed by atoms with Crippen LogP contribution in [0, 0.1) is 0 Å². The summed E-state index contributed by atoms with van der Waals surface area (Å²) in [6.45, 7) is 0. The molecular formula is C55H33N3O2. The molecule has 5 nitrogen and oxygen atoms in total. The van der Waals surface area contributed by atoms with Crippen LogP contribution in [0.15, 0.2) is 209 Å². The summed E-state index contributed by atoms with van der Waals surface area (Å²) in [5.74, 6) is 1.55. The topological polar surface area (TPSA) is 65.0 Å². The minimum absolute atomic E-state index is 0.505. The monoisotopic (exact) mass is 767 g/mol. The van der Waals surface area contributed by atoms with Crippen molar-refractivity contribution in [3.05, 3.63) is 200 Å². The van der Waals surface area contributed by atoms with Crippen molar-refractivity contribution in [3.8, 4) is 67.5 Å². The van der Waals surface area contributed by atoms with Crippen LogP contribution in [-0.2, 0) is 0 Å². The second kappa shape index (κ2) is 13.8. The van der Waals surface area contributed by atoms with Gasteiger partial charge >= 0.3 is 0 Å². The minimum Gasteiger partial charge on any atom is -0.455 e. The third-order valence-electron chi connectivity index (χ3n) is 11.6. The van der Waals surface area contributed by atoms with Gasteiger partial charge in [0.25, 0.3) is 0 Å². The Morgan fingerprint density at radius 3 is 1.32 bits per heavy atom. The molecule has 0 N–H and O–H groups in total. The Labute approximate surface area is 344 Å². The Morgan fingerprint density at radius 1 is 0.267 bits per heavy atom. The lowest BCUT2D eigenvalue weighted by atomic mass is 9.83. The Morgan fingerprint density at radius 2 is 0.700 bits per heavy atom. The maximum Gasteiger partial charge on any atom is 0.167 e. The highest BCUT2D eigenvalue weighted by atomic mass is 16.3. The fourth-order valence-electron chi connectivity index (χ4n) is 8.86. The van der Waals surface area contributed by atoms with E-state index in [1.54, 1.807) is 0 Å². The predicted molar refractivity (Wildman–Crippen MR) is 245 cm³/mol. The smallest absolute Gasteiger partial charge is 0.167 e. The van der Waals surface area contributed by atoms with Gasteiger partial charge in [-0.25, -0.2) is 15.0 Å². The van der Waals surface area contributed by atoms with Crippen molar-refractivity contribution >= 4 is 54.6 Å². The van der Waals surface area contributed by atoms with Crippen LogP contribution >= 0.6 is 0 Å². The lowest BCUT2D eigenvalue weighted by molar-refractivity contribution is 0.669. The van der Waals surface area contributed by atoms with Crippen molar-refractivity contribution in [2.24, 2.45) is 0 Å². The number of fused-ring (bicyclic) bond motifs is 7. The van der Waals surface area contributed by atoms with Crippen LogP contribution in [0.2, 0.25) is 0 Å². The Balaban J connectivity index is 1.22. The average Bonchev–Trinajstić information content (AvgIpc) is 3.90. The van der Waals surface area contributed by atoms with Crippen molar-refractivity contribution in [2.75, 3.05) is 0 Å². The highest BCUT2D eigenvalue weighted by molar-refractivity contribution is 6.12. The van der Waals surface area contributed by atoms with E-state index in [9.17, 15) is 0 Å². The maximum atomic E-state index is 6.60. The standard InChI is InChI=1S/C55H33N3O2/c1-3-16-35(17-4-1)38-32-33-44(50(49(38)36-19-5-2-6-20-36)41-25-13-21-34-18-7-8-22-37(34)41)53-56-54(45-28-14-26-42-39-23-9-11-30-47(39)59-51(42)45)58-55(57-53)46-29-15-27-43-40-24-10-12-31-48(40)60-52(43)46/h1-33H. The van der Waals surface area contributed by atoms with E-state index in [-0.39, 0.29) is 0 Å². The molecule has 3 aromatic heterocycles. The second-order valence-electron chi connectivity index (χ2n) is 15.0. The summed E-state index contributed by atoms with van der Waals surface area (Å²) in [5, 5.41) is 6.37. The van der Waals surface area contributed by atoms with Gasteiger partial charge in [-0.1, -0.05) is 170 Å². The van der Waals surface area contributed by atoms with Crippen LogP contribution in [-0.4, -0.2) is 15.0 Å². The Hall–Kier alpha value is -8.15. The van der Waals surface area contributed by atoms with Gasteiger partial charge in [-0.05, 0) is 68.9 Å². The zero-order valence-corrected chi connectivity index (χ0v) is 32.2. The number of nitrogens with zero attached hydrogens (tertiary/aromatic N) is 3. The lowest BCUT2D eigenvalue weighted by Gasteiger charge is -2.21. The highest BCUT2D eigenvalue weighted by Gasteiger charge is 2.25. The molecule has 0 amide bonds. The summed E-state index contributed by atoms with van der Waals surface area (Å²) >= 11 is 0. The van der Waals surface area contributed by atoms with Crippen LogP contribution in [0.25, 0.3) is 122 Å². The summed E-state index contributed by atoms with van der Waals surface area (Å²) in [5.41, 5.74) is 12.0. The lowest BCUT2D eigenvalue weighted by Crippen LogP contribution is -2.03. The summed E-state index contributed by atoms with van der Waals surface area (Å²) in [6, 6.07) is 69.3. The van der Waals surface area contributed by atoms with Crippen molar-refractivity contribution in [1.29, 1.82) is 0 Å². The minimum atomic E-state index is 0.505. The number of aromatic nitrogens is 3. The molecule has 0 saturated heterocycles. The number of hydrogen-bond acceptors (Lipinski definition) is 5. The molecule has 5 heteroatoms. The highest BCUT2D eigenvalue weighted by Crippen LogP contribution is 2.48. The molecule has 0 radical (unpaired) electrons. The normalized spacial score (nSPS) is 11.7. The van der Waals surface area contributed by atoms with Crippen molar-refractivity contribution in [2.45, 2.75) is 0 Å². The van der Waals surface area contributed by atoms with E-state index in [2.05, 4.69) is 140 Å². The van der Waals surface area contributed by atoms with Crippen LogP contribution in [0.3, 0.4) is 0 Å². The van der Waals surface area contributed by atoms with Crippen molar-refractivity contribution < 1.29 is 8.83 Å². The zero-order valence-electron chi connectivity index (χ0n) is 32.2. The van der Waals surface area contributed by atoms with Gasteiger partial charge < -0.3 is 8.83 Å². The number of para-hydroxylation sites is 4. The largest absolute Gasteiger partial charge is 0.455 e. The molecule has 60 heavy (non-hydrogen) atoms. The van der Waals surface area contributed by atoms with E-state index >= 15 is 0 Å². The SMILES string of the molecule is c1ccc(-c2ccc(-c3nc(-c4cccc5c4oc4ccccc45)nc(-c4cccc5c4oc4ccccc45)n3)c(-c3cccc4ccccc34)c2-c2ccccc2)cc1. The van der Waals surface area contributed by atoms with E-state index in [0.717, 1.165) is 105 Å². The van der Waals surface area contributed by atoms with Crippen LogP contribution in [0.4, 0.5) is 0 Å². The van der Waals surface area contributed by atoms with Crippen LogP contribution < -0.4 is 0 Å². The molecule has 0 aliphatic heterocycles. The summed E-state index contributed by atoms with van der Waals surface area (Å²) in [4.78, 5) is 16.2. The molecule has 0 saturated carbocycles. The molecule has 0 unspecified atom stereocenters. The van der Waals surface area contributed by atoms with Gasteiger partial charge in [-0.2, -0.15) is 0 Å². The average molecular weight is 768 g/mol. The quantitative estimate of drug-likeness (QED) is 0.169.